The topological polar surface area (TPSA) is 36.3 Å². The number of fused-ring (bicyclic) bond motifs is 1. The average Bonchev–Trinajstić information content (AvgIpc) is 3.39. The number of benzene rings is 2. The summed E-state index contributed by atoms with van der Waals surface area (Å²) in [5, 5.41) is 5.84. The van der Waals surface area contributed by atoms with Crippen LogP contribution in [0.5, 0.6) is 11.5 Å². The fourth-order valence-electron chi connectivity index (χ4n) is 5.13. The SMILES string of the molecule is CCCCCCCCCCCCCCCCOc1ccc(-n2cc3cc(OCCCCCC)ccc3n2)cc1. The second kappa shape index (κ2) is 19.6. The van der Waals surface area contributed by atoms with Gasteiger partial charge in [0.1, 0.15) is 11.5 Å². The van der Waals surface area contributed by atoms with Crippen LogP contribution in [-0.4, -0.2) is 23.0 Å². The van der Waals surface area contributed by atoms with Crippen molar-refractivity contribution in [3.8, 4) is 17.2 Å². The summed E-state index contributed by atoms with van der Waals surface area (Å²) >= 11 is 0. The lowest BCUT2D eigenvalue weighted by atomic mass is 10.0. The number of aromatic nitrogens is 2. The van der Waals surface area contributed by atoms with E-state index in [0.29, 0.717) is 0 Å². The first-order valence-corrected chi connectivity index (χ1v) is 16.2. The van der Waals surface area contributed by atoms with Crippen molar-refractivity contribution < 1.29 is 9.47 Å². The third-order valence-corrected chi connectivity index (χ3v) is 7.61. The van der Waals surface area contributed by atoms with E-state index in [1.807, 2.05) is 16.8 Å². The van der Waals surface area contributed by atoms with Gasteiger partial charge in [0.25, 0.3) is 0 Å². The van der Waals surface area contributed by atoms with E-state index < -0.39 is 0 Å². The van der Waals surface area contributed by atoms with Gasteiger partial charge in [-0.3, -0.25) is 0 Å². The number of unbranched alkanes of at least 4 members (excludes halogenated alkanes) is 16. The molecule has 3 rings (SSSR count). The van der Waals surface area contributed by atoms with Crippen LogP contribution in [0.15, 0.2) is 48.7 Å². The Labute approximate surface area is 238 Å². The highest BCUT2D eigenvalue weighted by atomic mass is 16.5. The lowest BCUT2D eigenvalue weighted by Gasteiger charge is -2.07. The summed E-state index contributed by atoms with van der Waals surface area (Å²) < 4.78 is 13.9. The molecule has 0 unspecified atom stereocenters. The first-order valence-electron chi connectivity index (χ1n) is 16.2. The van der Waals surface area contributed by atoms with Crippen molar-refractivity contribution in [2.75, 3.05) is 13.2 Å². The molecule has 0 N–H and O–H groups in total. The molecule has 0 bridgehead atoms. The van der Waals surface area contributed by atoms with Crippen LogP contribution in [0, 0.1) is 0 Å². The number of hydrogen-bond donors (Lipinski definition) is 0. The van der Waals surface area contributed by atoms with Gasteiger partial charge in [0.2, 0.25) is 0 Å². The molecular weight excluding hydrogens is 480 g/mol. The van der Waals surface area contributed by atoms with Crippen molar-refractivity contribution in [3.05, 3.63) is 48.7 Å². The van der Waals surface area contributed by atoms with E-state index in [2.05, 4.69) is 50.4 Å². The summed E-state index contributed by atoms with van der Waals surface area (Å²) in [7, 11) is 0. The largest absolute Gasteiger partial charge is 0.494 e. The smallest absolute Gasteiger partial charge is 0.120 e. The first-order chi connectivity index (χ1) is 19.3. The van der Waals surface area contributed by atoms with Gasteiger partial charge in [-0.05, 0) is 55.3 Å². The Hall–Kier alpha value is -2.49. The van der Waals surface area contributed by atoms with E-state index in [-0.39, 0.29) is 0 Å². The predicted octanol–water partition coefficient (Wildman–Crippen LogP) is 10.8. The molecule has 0 fully saturated rings. The average molecular weight is 535 g/mol. The van der Waals surface area contributed by atoms with E-state index in [1.165, 1.54) is 103 Å². The summed E-state index contributed by atoms with van der Waals surface area (Å²) in [4.78, 5) is 0. The fourth-order valence-corrected chi connectivity index (χ4v) is 5.13. The molecule has 0 aliphatic carbocycles. The summed E-state index contributed by atoms with van der Waals surface area (Å²) in [6.07, 6.45) is 26.2. The van der Waals surface area contributed by atoms with Crippen molar-refractivity contribution in [1.29, 1.82) is 0 Å². The Kier molecular flexibility index (Phi) is 15.6. The van der Waals surface area contributed by atoms with Crippen LogP contribution in [0.2, 0.25) is 0 Å². The van der Waals surface area contributed by atoms with E-state index in [9.17, 15) is 0 Å². The molecule has 3 aromatic rings. The van der Waals surface area contributed by atoms with Gasteiger partial charge in [-0.2, -0.15) is 5.10 Å². The highest BCUT2D eigenvalue weighted by Crippen LogP contribution is 2.23. The third kappa shape index (κ3) is 12.5. The number of nitrogens with zero attached hydrogens (tertiary/aromatic N) is 2. The number of ether oxygens (including phenoxy) is 2. The molecule has 4 heteroatoms. The number of rotatable bonds is 23. The van der Waals surface area contributed by atoms with E-state index in [4.69, 9.17) is 14.6 Å². The molecule has 4 nitrogen and oxygen atoms in total. The maximum absolute atomic E-state index is 5.99. The maximum Gasteiger partial charge on any atom is 0.120 e. The van der Waals surface area contributed by atoms with E-state index in [0.717, 1.165) is 54.1 Å². The fraction of sp³-hybridized carbons (Fsp3) is 0.629. The van der Waals surface area contributed by atoms with E-state index >= 15 is 0 Å². The zero-order valence-electron chi connectivity index (χ0n) is 25.0. The Bertz CT molecular complexity index is 1010. The molecule has 0 saturated heterocycles. The van der Waals surface area contributed by atoms with Gasteiger partial charge in [-0.15, -0.1) is 0 Å². The zero-order chi connectivity index (χ0) is 27.4. The summed E-state index contributed by atoms with van der Waals surface area (Å²) in [5.41, 5.74) is 2.02. The van der Waals surface area contributed by atoms with Crippen LogP contribution < -0.4 is 9.47 Å². The minimum Gasteiger partial charge on any atom is -0.494 e. The Morgan fingerprint density at radius 3 is 1.56 bits per heavy atom. The minimum absolute atomic E-state index is 0.778. The van der Waals surface area contributed by atoms with Gasteiger partial charge in [0.15, 0.2) is 0 Å². The highest BCUT2D eigenvalue weighted by molar-refractivity contribution is 5.80. The molecule has 0 aliphatic rings. The molecule has 39 heavy (non-hydrogen) atoms. The van der Waals surface area contributed by atoms with Gasteiger partial charge in [-0.1, -0.05) is 117 Å². The van der Waals surface area contributed by atoms with E-state index in [1.54, 1.807) is 0 Å². The Morgan fingerprint density at radius 2 is 1.00 bits per heavy atom. The number of hydrogen-bond acceptors (Lipinski definition) is 3. The van der Waals surface area contributed by atoms with Crippen LogP contribution in [0.25, 0.3) is 16.6 Å². The quantitative estimate of drug-likeness (QED) is 0.113. The molecule has 0 atom stereocenters. The van der Waals surface area contributed by atoms with Crippen molar-refractivity contribution in [2.45, 2.75) is 129 Å². The second-order valence-corrected chi connectivity index (χ2v) is 11.1. The zero-order valence-corrected chi connectivity index (χ0v) is 25.0. The van der Waals surface area contributed by atoms with Crippen LogP contribution in [0.1, 0.15) is 129 Å². The molecule has 0 spiro atoms. The van der Waals surface area contributed by atoms with Crippen LogP contribution in [0.3, 0.4) is 0 Å². The molecule has 0 amide bonds. The lowest BCUT2D eigenvalue weighted by Crippen LogP contribution is -1.98. The lowest BCUT2D eigenvalue weighted by molar-refractivity contribution is 0.304. The molecule has 0 saturated carbocycles. The normalized spacial score (nSPS) is 11.3. The maximum atomic E-state index is 5.99. The molecule has 0 aliphatic heterocycles. The molecule has 0 radical (unpaired) electrons. The molecular formula is C35H54N2O2. The minimum atomic E-state index is 0.778. The van der Waals surface area contributed by atoms with Crippen molar-refractivity contribution in [1.82, 2.24) is 9.78 Å². The highest BCUT2D eigenvalue weighted by Gasteiger charge is 2.05. The standard InChI is InChI=1S/C35H54N2O2/c1-3-5-7-9-10-11-12-13-14-15-16-17-18-20-27-38-33-23-21-32(22-24-33)37-30-31-29-34(25-26-35(31)36-37)39-28-19-8-6-4-2/h21-26,29-30H,3-20,27-28H2,1-2H3. The third-order valence-electron chi connectivity index (χ3n) is 7.61. The van der Waals surface area contributed by atoms with Crippen molar-refractivity contribution in [3.63, 3.8) is 0 Å². The summed E-state index contributed by atoms with van der Waals surface area (Å²) in [6.45, 7) is 6.09. The molecule has 2 aromatic carbocycles. The van der Waals surface area contributed by atoms with Crippen LogP contribution in [-0.2, 0) is 0 Å². The van der Waals surface area contributed by atoms with Crippen LogP contribution in [0.4, 0.5) is 0 Å². The molecule has 1 aromatic heterocycles. The first kappa shape index (κ1) is 31.0. The van der Waals surface area contributed by atoms with Gasteiger partial charge < -0.3 is 9.47 Å². The van der Waals surface area contributed by atoms with Gasteiger partial charge in [0, 0.05) is 11.6 Å². The van der Waals surface area contributed by atoms with Crippen molar-refractivity contribution in [2.24, 2.45) is 0 Å². The summed E-state index contributed by atoms with van der Waals surface area (Å²) in [6, 6.07) is 14.4. The Balaban J connectivity index is 1.25. The monoisotopic (exact) mass is 534 g/mol. The van der Waals surface area contributed by atoms with Crippen molar-refractivity contribution >= 4 is 10.9 Å². The van der Waals surface area contributed by atoms with Gasteiger partial charge in [-0.25, -0.2) is 4.68 Å². The summed E-state index contributed by atoms with van der Waals surface area (Å²) in [5.74, 6) is 1.86. The predicted molar refractivity (Wildman–Crippen MR) is 167 cm³/mol. The second-order valence-electron chi connectivity index (χ2n) is 11.1. The van der Waals surface area contributed by atoms with Gasteiger partial charge in [0.05, 0.1) is 24.4 Å². The molecule has 216 valence electrons. The Morgan fingerprint density at radius 1 is 0.538 bits per heavy atom. The van der Waals surface area contributed by atoms with Gasteiger partial charge >= 0.3 is 0 Å². The molecule has 1 heterocycles. The van der Waals surface area contributed by atoms with Crippen LogP contribution >= 0.6 is 0 Å².